The molecule has 0 amide bonds. The van der Waals surface area contributed by atoms with Crippen LogP contribution in [0.3, 0.4) is 0 Å². The van der Waals surface area contributed by atoms with E-state index in [-0.39, 0.29) is 6.10 Å². The summed E-state index contributed by atoms with van der Waals surface area (Å²) in [5.41, 5.74) is 1.91. The van der Waals surface area contributed by atoms with Crippen molar-refractivity contribution in [3.05, 3.63) is 18.0 Å². The molecule has 1 unspecified atom stereocenters. The summed E-state index contributed by atoms with van der Waals surface area (Å²) in [6, 6.07) is 1.89. The summed E-state index contributed by atoms with van der Waals surface area (Å²) in [6.45, 7) is 6.20. The summed E-state index contributed by atoms with van der Waals surface area (Å²) in [6.07, 6.45) is 4.07. The van der Waals surface area contributed by atoms with Crippen molar-refractivity contribution < 1.29 is 4.74 Å². The molecule has 0 saturated carbocycles. The molecule has 0 aliphatic rings. The van der Waals surface area contributed by atoms with Crippen LogP contribution in [0.4, 0.5) is 0 Å². The molecule has 1 atom stereocenters. The zero-order chi connectivity index (χ0) is 11.5. The fourth-order valence-corrected chi connectivity index (χ4v) is 1.82. The standard InChI is InChI=1S/C12H17N3O/c1-4-5-8(2)16-12-11-9(3)14-15-10(11)6-7-13-12/h6-8H,4-5H2,1-3H3,(H,14,15). The van der Waals surface area contributed by atoms with Gasteiger partial charge in [-0.3, -0.25) is 5.10 Å². The van der Waals surface area contributed by atoms with Crippen LogP contribution >= 0.6 is 0 Å². The first kappa shape index (κ1) is 10.9. The molecule has 0 spiro atoms. The lowest BCUT2D eigenvalue weighted by molar-refractivity contribution is 0.204. The number of pyridine rings is 1. The van der Waals surface area contributed by atoms with Gasteiger partial charge in [-0.05, 0) is 26.3 Å². The Bertz CT molecular complexity index is 478. The Morgan fingerprint density at radius 1 is 1.50 bits per heavy atom. The number of rotatable bonds is 4. The summed E-state index contributed by atoms with van der Waals surface area (Å²) in [5, 5.41) is 8.13. The van der Waals surface area contributed by atoms with Crippen molar-refractivity contribution in [1.82, 2.24) is 15.2 Å². The van der Waals surface area contributed by atoms with Crippen LogP contribution in [0.15, 0.2) is 12.3 Å². The predicted molar refractivity (Wildman–Crippen MR) is 63.6 cm³/mol. The van der Waals surface area contributed by atoms with Gasteiger partial charge in [0.05, 0.1) is 17.0 Å². The largest absolute Gasteiger partial charge is 0.474 e. The summed E-state index contributed by atoms with van der Waals surface area (Å²) >= 11 is 0. The van der Waals surface area contributed by atoms with E-state index in [1.807, 2.05) is 13.0 Å². The minimum Gasteiger partial charge on any atom is -0.474 e. The first-order chi connectivity index (χ1) is 7.72. The van der Waals surface area contributed by atoms with Crippen molar-refractivity contribution >= 4 is 10.9 Å². The highest BCUT2D eigenvalue weighted by Crippen LogP contribution is 2.25. The van der Waals surface area contributed by atoms with Crippen LogP contribution in [-0.2, 0) is 0 Å². The van der Waals surface area contributed by atoms with E-state index in [2.05, 4.69) is 29.0 Å². The molecule has 4 nitrogen and oxygen atoms in total. The van der Waals surface area contributed by atoms with E-state index in [0.717, 1.165) is 29.4 Å². The minimum absolute atomic E-state index is 0.192. The van der Waals surface area contributed by atoms with Gasteiger partial charge >= 0.3 is 0 Å². The molecule has 1 N–H and O–H groups in total. The maximum atomic E-state index is 5.84. The van der Waals surface area contributed by atoms with E-state index < -0.39 is 0 Å². The van der Waals surface area contributed by atoms with Crippen LogP contribution in [-0.4, -0.2) is 21.3 Å². The molecule has 4 heteroatoms. The smallest absolute Gasteiger partial charge is 0.225 e. The lowest BCUT2D eigenvalue weighted by Crippen LogP contribution is -2.12. The second-order valence-corrected chi connectivity index (χ2v) is 4.08. The van der Waals surface area contributed by atoms with E-state index >= 15 is 0 Å². The van der Waals surface area contributed by atoms with Gasteiger partial charge in [-0.1, -0.05) is 13.3 Å². The third kappa shape index (κ3) is 2.01. The molecule has 2 aromatic rings. The number of fused-ring (bicyclic) bond motifs is 1. The number of aryl methyl sites for hydroxylation is 1. The molecule has 0 bridgehead atoms. The predicted octanol–water partition coefficient (Wildman–Crippen LogP) is 2.83. The Balaban J connectivity index is 2.32. The average Bonchev–Trinajstić information content (AvgIpc) is 2.62. The fraction of sp³-hybridized carbons (Fsp3) is 0.500. The normalized spacial score (nSPS) is 12.9. The van der Waals surface area contributed by atoms with Crippen LogP contribution in [0.2, 0.25) is 0 Å². The second-order valence-electron chi connectivity index (χ2n) is 4.08. The number of aromatic amines is 1. The zero-order valence-electron chi connectivity index (χ0n) is 9.95. The van der Waals surface area contributed by atoms with Crippen molar-refractivity contribution in [2.24, 2.45) is 0 Å². The van der Waals surface area contributed by atoms with Crippen molar-refractivity contribution in [2.45, 2.75) is 39.7 Å². The Kier molecular flexibility index (Phi) is 3.08. The first-order valence-corrected chi connectivity index (χ1v) is 5.68. The number of nitrogens with zero attached hydrogens (tertiary/aromatic N) is 2. The average molecular weight is 219 g/mol. The van der Waals surface area contributed by atoms with E-state index in [9.17, 15) is 0 Å². The highest BCUT2D eigenvalue weighted by Gasteiger charge is 2.11. The van der Waals surface area contributed by atoms with Crippen molar-refractivity contribution in [2.75, 3.05) is 0 Å². The highest BCUT2D eigenvalue weighted by atomic mass is 16.5. The SMILES string of the molecule is CCCC(C)Oc1nccc2n[nH]c(C)c12. The van der Waals surface area contributed by atoms with Crippen molar-refractivity contribution in [1.29, 1.82) is 0 Å². The Morgan fingerprint density at radius 3 is 3.06 bits per heavy atom. The van der Waals surface area contributed by atoms with Gasteiger partial charge in [0, 0.05) is 11.9 Å². The molecule has 16 heavy (non-hydrogen) atoms. The lowest BCUT2D eigenvalue weighted by atomic mass is 10.2. The van der Waals surface area contributed by atoms with Gasteiger partial charge in [0.1, 0.15) is 0 Å². The van der Waals surface area contributed by atoms with Gasteiger partial charge in [-0.2, -0.15) is 5.10 Å². The quantitative estimate of drug-likeness (QED) is 0.860. The molecule has 0 aliphatic heterocycles. The number of ether oxygens (including phenoxy) is 1. The van der Waals surface area contributed by atoms with E-state index in [0.29, 0.717) is 5.88 Å². The molecular formula is C12H17N3O. The fourth-order valence-electron chi connectivity index (χ4n) is 1.82. The number of hydrogen-bond acceptors (Lipinski definition) is 3. The lowest BCUT2D eigenvalue weighted by Gasteiger charge is -2.13. The van der Waals surface area contributed by atoms with Gasteiger partial charge in [0.25, 0.3) is 0 Å². The minimum atomic E-state index is 0.192. The number of hydrogen-bond donors (Lipinski definition) is 1. The first-order valence-electron chi connectivity index (χ1n) is 5.68. The van der Waals surface area contributed by atoms with E-state index in [4.69, 9.17) is 4.74 Å². The van der Waals surface area contributed by atoms with Crippen LogP contribution < -0.4 is 4.74 Å². The van der Waals surface area contributed by atoms with Crippen LogP contribution in [0.1, 0.15) is 32.4 Å². The summed E-state index contributed by atoms with van der Waals surface area (Å²) in [7, 11) is 0. The monoisotopic (exact) mass is 219 g/mol. The van der Waals surface area contributed by atoms with Gasteiger partial charge < -0.3 is 4.74 Å². The maximum absolute atomic E-state index is 5.84. The third-order valence-corrected chi connectivity index (χ3v) is 2.62. The number of H-pyrrole nitrogens is 1. The van der Waals surface area contributed by atoms with Gasteiger partial charge in [-0.15, -0.1) is 0 Å². The molecule has 0 aromatic carbocycles. The van der Waals surface area contributed by atoms with E-state index in [1.165, 1.54) is 0 Å². The molecular weight excluding hydrogens is 202 g/mol. The molecule has 86 valence electrons. The number of aromatic nitrogens is 3. The maximum Gasteiger partial charge on any atom is 0.225 e. The van der Waals surface area contributed by atoms with Crippen molar-refractivity contribution in [3.8, 4) is 5.88 Å². The summed E-state index contributed by atoms with van der Waals surface area (Å²) in [5.74, 6) is 0.685. The third-order valence-electron chi connectivity index (χ3n) is 2.62. The molecule has 0 aliphatic carbocycles. The van der Waals surface area contributed by atoms with Crippen LogP contribution in [0, 0.1) is 6.92 Å². The zero-order valence-corrected chi connectivity index (χ0v) is 9.95. The van der Waals surface area contributed by atoms with Gasteiger partial charge in [0.15, 0.2) is 0 Å². The molecule has 0 radical (unpaired) electrons. The summed E-state index contributed by atoms with van der Waals surface area (Å²) in [4.78, 5) is 4.28. The second kappa shape index (κ2) is 4.51. The Labute approximate surface area is 95.0 Å². The summed E-state index contributed by atoms with van der Waals surface area (Å²) < 4.78 is 5.84. The van der Waals surface area contributed by atoms with Crippen LogP contribution in [0.25, 0.3) is 10.9 Å². The Morgan fingerprint density at radius 2 is 2.31 bits per heavy atom. The van der Waals surface area contributed by atoms with Crippen molar-refractivity contribution in [3.63, 3.8) is 0 Å². The Hall–Kier alpha value is -1.58. The number of nitrogens with one attached hydrogen (secondary N) is 1. The molecule has 2 heterocycles. The topological polar surface area (TPSA) is 50.8 Å². The molecule has 0 fully saturated rings. The molecule has 2 rings (SSSR count). The van der Waals surface area contributed by atoms with E-state index in [1.54, 1.807) is 6.20 Å². The molecule has 0 saturated heterocycles. The van der Waals surface area contributed by atoms with Gasteiger partial charge in [0.2, 0.25) is 5.88 Å². The molecule has 2 aromatic heterocycles. The van der Waals surface area contributed by atoms with Crippen LogP contribution in [0.5, 0.6) is 5.88 Å². The van der Waals surface area contributed by atoms with Gasteiger partial charge in [-0.25, -0.2) is 4.98 Å². The highest BCUT2D eigenvalue weighted by molar-refractivity contribution is 5.85.